The molecule has 0 bridgehead atoms. The van der Waals surface area contributed by atoms with E-state index in [-0.39, 0.29) is 17.9 Å². The maximum atomic E-state index is 12.0. The van der Waals surface area contributed by atoms with Gasteiger partial charge >= 0.3 is 5.97 Å². The van der Waals surface area contributed by atoms with E-state index in [2.05, 4.69) is 5.32 Å². The average molecular weight is 280 g/mol. The number of rotatable bonds is 3. The SMILES string of the molecule is O=C(O)C1CC1C(=O)NC1CCc2cc(Cl)ccc21. The molecule has 1 saturated carbocycles. The number of hydrogen-bond donors (Lipinski definition) is 2. The fraction of sp³-hybridized carbons (Fsp3) is 0.429. The van der Waals surface area contributed by atoms with Crippen LogP contribution in [0.25, 0.3) is 0 Å². The summed E-state index contributed by atoms with van der Waals surface area (Å²) < 4.78 is 0. The van der Waals surface area contributed by atoms with Crippen molar-refractivity contribution in [1.29, 1.82) is 0 Å². The Hall–Kier alpha value is -1.55. The van der Waals surface area contributed by atoms with Gasteiger partial charge in [-0.2, -0.15) is 0 Å². The minimum absolute atomic E-state index is 0.00480. The largest absolute Gasteiger partial charge is 0.481 e. The molecule has 3 rings (SSSR count). The fourth-order valence-corrected chi connectivity index (χ4v) is 2.97. The minimum atomic E-state index is -0.876. The normalized spacial score (nSPS) is 27.7. The summed E-state index contributed by atoms with van der Waals surface area (Å²) in [5.74, 6) is -1.86. The molecule has 100 valence electrons. The standard InChI is InChI=1S/C14H14ClNO3/c15-8-2-3-9-7(5-8)1-4-12(9)16-13(17)10-6-11(10)14(18)19/h2-3,5,10-12H,1,4,6H2,(H,16,17)(H,18,19). The number of nitrogens with one attached hydrogen (secondary N) is 1. The maximum absolute atomic E-state index is 12.0. The lowest BCUT2D eigenvalue weighted by atomic mass is 10.1. The molecule has 0 aliphatic heterocycles. The van der Waals surface area contributed by atoms with Crippen LogP contribution < -0.4 is 5.32 Å². The van der Waals surface area contributed by atoms with Gasteiger partial charge in [0.1, 0.15) is 0 Å². The lowest BCUT2D eigenvalue weighted by Gasteiger charge is -2.14. The summed E-state index contributed by atoms with van der Waals surface area (Å²) in [6.07, 6.45) is 2.21. The number of carbonyl (C=O) groups is 2. The maximum Gasteiger partial charge on any atom is 0.307 e. The van der Waals surface area contributed by atoms with Crippen LogP contribution in [0.5, 0.6) is 0 Å². The molecule has 2 aliphatic carbocycles. The molecule has 2 aliphatic rings. The van der Waals surface area contributed by atoms with Gasteiger partial charge in [-0.3, -0.25) is 9.59 Å². The Morgan fingerprint density at radius 1 is 1.32 bits per heavy atom. The summed E-state index contributed by atoms with van der Waals surface area (Å²) in [7, 11) is 0. The van der Waals surface area contributed by atoms with Gasteiger partial charge in [-0.05, 0) is 42.5 Å². The van der Waals surface area contributed by atoms with E-state index in [1.165, 1.54) is 5.56 Å². The Bertz CT molecular complexity index is 558. The van der Waals surface area contributed by atoms with E-state index < -0.39 is 11.9 Å². The van der Waals surface area contributed by atoms with Crippen molar-refractivity contribution in [2.24, 2.45) is 11.8 Å². The molecule has 4 nitrogen and oxygen atoms in total. The molecule has 2 N–H and O–H groups in total. The van der Waals surface area contributed by atoms with Crippen LogP contribution in [0.1, 0.15) is 30.0 Å². The number of carbonyl (C=O) groups excluding carboxylic acids is 1. The fourth-order valence-electron chi connectivity index (χ4n) is 2.77. The molecule has 1 fully saturated rings. The number of fused-ring (bicyclic) bond motifs is 1. The molecule has 3 atom stereocenters. The molecule has 0 saturated heterocycles. The third-order valence-electron chi connectivity index (χ3n) is 3.94. The number of halogens is 1. The second-order valence-electron chi connectivity index (χ2n) is 5.23. The Labute approximate surface area is 115 Å². The van der Waals surface area contributed by atoms with E-state index in [1.54, 1.807) is 0 Å². The number of amides is 1. The molecule has 0 aromatic heterocycles. The summed E-state index contributed by atoms with van der Waals surface area (Å²) in [5.41, 5.74) is 2.27. The smallest absolute Gasteiger partial charge is 0.307 e. The highest BCUT2D eigenvalue weighted by Crippen LogP contribution is 2.40. The second kappa shape index (κ2) is 4.53. The van der Waals surface area contributed by atoms with Crippen LogP contribution in [-0.4, -0.2) is 17.0 Å². The number of aliphatic carboxylic acids is 1. The van der Waals surface area contributed by atoms with Crippen LogP contribution in [0, 0.1) is 11.8 Å². The first-order valence-corrected chi connectivity index (χ1v) is 6.75. The van der Waals surface area contributed by atoms with Gasteiger partial charge in [-0.15, -0.1) is 0 Å². The van der Waals surface area contributed by atoms with Crippen LogP contribution in [0.2, 0.25) is 5.02 Å². The summed E-state index contributed by atoms with van der Waals surface area (Å²) >= 11 is 5.94. The highest BCUT2D eigenvalue weighted by Gasteiger charge is 2.48. The molecular formula is C14H14ClNO3. The van der Waals surface area contributed by atoms with Gasteiger partial charge in [0.15, 0.2) is 0 Å². The Morgan fingerprint density at radius 2 is 2.11 bits per heavy atom. The van der Waals surface area contributed by atoms with Gasteiger partial charge in [-0.25, -0.2) is 0 Å². The summed E-state index contributed by atoms with van der Waals surface area (Å²) in [6.45, 7) is 0. The first-order valence-electron chi connectivity index (χ1n) is 6.38. The Balaban J connectivity index is 1.67. The van der Waals surface area contributed by atoms with E-state index in [9.17, 15) is 9.59 Å². The number of benzene rings is 1. The average Bonchev–Trinajstić information content (AvgIpc) is 3.08. The monoisotopic (exact) mass is 279 g/mol. The van der Waals surface area contributed by atoms with Crippen molar-refractivity contribution in [2.75, 3.05) is 0 Å². The third kappa shape index (κ3) is 2.32. The van der Waals surface area contributed by atoms with Gasteiger partial charge in [0.2, 0.25) is 5.91 Å². The van der Waals surface area contributed by atoms with Crippen molar-refractivity contribution in [3.05, 3.63) is 34.3 Å². The molecule has 1 aromatic rings. The highest BCUT2D eigenvalue weighted by molar-refractivity contribution is 6.30. The van der Waals surface area contributed by atoms with Gasteiger partial charge in [0.05, 0.1) is 17.9 Å². The lowest BCUT2D eigenvalue weighted by Crippen LogP contribution is -2.29. The molecule has 0 heterocycles. The van der Waals surface area contributed by atoms with E-state index in [1.807, 2.05) is 18.2 Å². The molecule has 1 amide bonds. The lowest BCUT2D eigenvalue weighted by molar-refractivity contribution is -0.140. The molecule has 1 aromatic carbocycles. The van der Waals surface area contributed by atoms with Crippen molar-refractivity contribution >= 4 is 23.5 Å². The molecule has 19 heavy (non-hydrogen) atoms. The van der Waals surface area contributed by atoms with Gasteiger partial charge in [0, 0.05) is 5.02 Å². The first kappa shape index (κ1) is 12.5. The zero-order valence-corrected chi connectivity index (χ0v) is 11.0. The number of carboxylic acid groups (broad SMARTS) is 1. The Kier molecular flexibility index (Phi) is 2.97. The Morgan fingerprint density at radius 3 is 2.79 bits per heavy atom. The topological polar surface area (TPSA) is 66.4 Å². The summed E-state index contributed by atoms with van der Waals surface area (Å²) in [6, 6.07) is 5.69. The van der Waals surface area contributed by atoms with Crippen LogP contribution in [0.4, 0.5) is 0 Å². The zero-order chi connectivity index (χ0) is 13.6. The molecular weight excluding hydrogens is 266 g/mol. The number of aryl methyl sites for hydroxylation is 1. The molecule has 0 spiro atoms. The van der Waals surface area contributed by atoms with Crippen LogP contribution in [0.15, 0.2) is 18.2 Å². The quantitative estimate of drug-likeness (QED) is 0.891. The summed E-state index contributed by atoms with van der Waals surface area (Å²) in [4.78, 5) is 22.7. The van der Waals surface area contributed by atoms with E-state index in [4.69, 9.17) is 16.7 Å². The number of carboxylic acids is 1. The van der Waals surface area contributed by atoms with Crippen molar-refractivity contribution in [1.82, 2.24) is 5.32 Å². The second-order valence-corrected chi connectivity index (χ2v) is 5.67. The van der Waals surface area contributed by atoms with E-state index >= 15 is 0 Å². The van der Waals surface area contributed by atoms with E-state index in [0.717, 1.165) is 18.4 Å². The third-order valence-corrected chi connectivity index (χ3v) is 4.18. The van der Waals surface area contributed by atoms with Gasteiger partial charge in [-0.1, -0.05) is 17.7 Å². The first-order chi connectivity index (χ1) is 9.06. The van der Waals surface area contributed by atoms with Crippen LogP contribution >= 0.6 is 11.6 Å². The predicted octanol–water partition coefficient (Wildman–Crippen LogP) is 2.16. The minimum Gasteiger partial charge on any atom is -0.481 e. The zero-order valence-electron chi connectivity index (χ0n) is 10.2. The van der Waals surface area contributed by atoms with Crippen molar-refractivity contribution in [3.8, 4) is 0 Å². The van der Waals surface area contributed by atoms with Crippen molar-refractivity contribution in [2.45, 2.75) is 25.3 Å². The molecule has 5 heteroatoms. The molecule has 0 radical (unpaired) electrons. The van der Waals surface area contributed by atoms with Crippen molar-refractivity contribution in [3.63, 3.8) is 0 Å². The van der Waals surface area contributed by atoms with Crippen molar-refractivity contribution < 1.29 is 14.7 Å². The summed E-state index contributed by atoms with van der Waals surface area (Å²) in [5, 5.41) is 12.5. The van der Waals surface area contributed by atoms with E-state index in [0.29, 0.717) is 11.4 Å². The van der Waals surface area contributed by atoms with Crippen LogP contribution in [-0.2, 0) is 16.0 Å². The van der Waals surface area contributed by atoms with Crippen LogP contribution in [0.3, 0.4) is 0 Å². The predicted molar refractivity (Wildman–Crippen MR) is 69.9 cm³/mol. The van der Waals surface area contributed by atoms with Gasteiger partial charge in [0.25, 0.3) is 0 Å². The highest BCUT2D eigenvalue weighted by atomic mass is 35.5. The van der Waals surface area contributed by atoms with Gasteiger partial charge < -0.3 is 10.4 Å². The number of hydrogen-bond acceptors (Lipinski definition) is 2. The molecule has 3 unspecified atom stereocenters.